The Morgan fingerprint density at radius 1 is 1.45 bits per heavy atom. The van der Waals surface area contributed by atoms with Crippen LogP contribution in [-0.4, -0.2) is 24.2 Å². The van der Waals surface area contributed by atoms with E-state index in [9.17, 15) is 4.79 Å². The van der Waals surface area contributed by atoms with Crippen molar-refractivity contribution < 1.29 is 9.90 Å². The van der Waals surface area contributed by atoms with Gasteiger partial charge in [-0.1, -0.05) is 29.9 Å². The highest BCUT2D eigenvalue weighted by Gasteiger charge is 2.19. The van der Waals surface area contributed by atoms with E-state index in [1.165, 1.54) is 19.3 Å². The molecule has 20 heavy (non-hydrogen) atoms. The van der Waals surface area contributed by atoms with Crippen LogP contribution in [0.2, 0.25) is 0 Å². The molecule has 0 spiro atoms. The topological polar surface area (TPSA) is 49.3 Å². The molecular weight excluding hydrogens is 250 g/mol. The molecule has 0 aliphatic heterocycles. The quantitative estimate of drug-likeness (QED) is 0.825. The van der Waals surface area contributed by atoms with Crippen molar-refractivity contribution in [3.63, 3.8) is 0 Å². The Morgan fingerprint density at radius 2 is 2.25 bits per heavy atom. The first-order valence-electron chi connectivity index (χ1n) is 7.19. The van der Waals surface area contributed by atoms with E-state index in [-0.39, 0.29) is 12.5 Å². The molecule has 1 aromatic rings. The zero-order valence-electron chi connectivity index (χ0n) is 11.9. The summed E-state index contributed by atoms with van der Waals surface area (Å²) in [6.07, 6.45) is 4.15. The average molecular weight is 271 g/mol. The normalized spacial score (nSPS) is 14.1. The van der Waals surface area contributed by atoms with Crippen molar-refractivity contribution in [3.05, 3.63) is 34.9 Å². The third-order valence-electron chi connectivity index (χ3n) is 3.66. The predicted octanol–water partition coefficient (Wildman–Crippen LogP) is 2.26. The number of carbonyl (C=O) groups is 1. The molecule has 1 amide bonds. The van der Waals surface area contributed by atoms with Crippen LogP contribution in [0.4, 0.5) is 0 Å². The van der Waals surface area contributed by atoms with E-state index in [4.69, 9.17) is 5.11 Å². The smallest absolute Gasteiger partial charge is 0.252 e. The minimum atomic E-state index is -0.0473. The van der Waals surface area contributed by atoms with Gasteiger partial charge in [-0.05, 0) is 37.8 Å². The number of amides is 1. The van der Waals surface area contributed by atoms with Gasteiger partial charge in [0.05, 0.1) is 12.2 Å². The molecule has 2 rings (SSSR count). The molecular formula is C17H21NO2. The molecule has 1 aliphatic carbocycles. The number of benzene rings is 1. The van der Waals surface area contributed by atoms with Crippen LogP contribution < -0.4 is 5.32 Å². The van der Waals surface area contributed by atoms with Crippen LogP contribution in [0.3, 0.4) is 0 Å². The Labute approximate surface area is 120 Å². The van der Waals surface area contributed by atoms with Crippen LogP contribution in [0.15, 0.2) is 18.2 Å². The van der Waals surface area contributed by atoms with E-state index in [2.05, 4.69) is 17.2 Å². The first-order chi connectivity index (χ1) is 9.70. The molecule has 0 radical (unpaired) electrons. The fourth-order valence-corrected chi connectivity index (χ4v) is 2.20. The molecule has 0 saturated heterocycles. The Balaban J connectivity index is 2.09. The fraction of sp³-hybridized carbons (Fsp3) is 0.471. The molecule has 0 bridgehead atoms. The SMILES string of the molecule is Cc1ccc(C#CCCO)c(C(=O)NCC2CCC2)c1. The molecule has 0 heterocycles. The van der Waals surface area contributed by atoms with Crippen molar-refractivity contribution in [3.8, 4) is 11.8 Å². The Morgan fingerprint density at radius 3 is 2.90 bits per heavy atom. The van der Waals surface area contributed by atoms with Gasteiger partial charge in [0.25, 0.3) is 5.91 Å². The number of aliphatic hydroxyl groups excluding tert-OH is 1. The number of hydrogen-bond acceptors (Lipinski definition) is 2. The van der Waals surface area contributed by atoms with Crippen LogP contribution in [0.25, 0.3) is 0 Å². The second-order valence-corrected chi connectivity index (χ2v) is 5.33. The molecule has 0 unspecified atom stereocenters. The minimum absolute atomic E-state index is 0.0437. The second kappa shape index (κ2) is 7.12. The van der Waals surface area contributed by atoms with E-state index < -0.39 is 0 Å². The van der Waals surface area contributed by atoms with Gasteiger partial charge in [-0.25, -0.2) is 0 Å². The molecule has 3 nitrogen and oxygen atoms in total. The fourth-order valence-electron chi connectivity index (χ4n) is 2.20. The summed E-state index contributed by atoms with van der Waals surface area (Å²) < 4.78 is 0. The van der Waals surface area contributed by atoms with E-state index in [0.717, 1.165) is 17.7 Å². The summed E-state index contributed by atoms with van der Waals surface area (Å²) in [4.78, 5) is 12.3. The van der Waals surface area contributed by atoms with Crippen molar-refractivity contribution in [2.75, 3.05) is 13.2 Å². The second-order valence-electron chi connectivity index (χ2n) is 5.33. The van der Waals surface area contributed by atoms with E-state index in [1.807, 2.05) is 25.1 Å². The van der Waals surface area contributed by atoms with Crippen molar-refractivity contribution in [1.82, 2.24) is 5.32 Å². The van der Waals surface area contributed by atoms with Gasteiger partial charge in [0.2, 0.25) is 0 Å². The van der Waals surface area contributed by atoms with Crippen molar-refractivity contribution in [2.45, 2.75) is 32.6 Å². The molecule has 1 aliphatic rings. The summed E-state index contributed by atoms with van der Waals surface area (Å²) in [7, 11) is 0. The molecule has 2 N–H and O–H groups in total. The zero-order chi connectivity index (χ0) is 14.4. The largest absolute Gasteiger partial charge is 0.395 e. The van der Waals surface area contributed by atoms with Gasteiger partial charge >= 0.3 is 0 Å². The monoisotopic (exact) mass is 271 g/mol. The summed E-state index contributed by atoms with van der Waals surface area (Å²) >= 11 is 0. The van der Waals surface area contributed by atoms with Crippen LogP contribution in [0.1, 0.15) is 47.2 Å². The van der Waals surface area contributed by atoms with Crippen molar-refractivity contribution >= 4 is 5.91 Å². The van der Waals surface area contributed by atoms with Gasteiger partial charge in [0, 0.05) is 18.5 Å². The van der Waals surface area contributed by atoms with Crippen molar-refractivity contribution in [2.24, 2.45) is 5.92 Å². The number of carbonyl (C=O) groups excluding carboxylic acids is 1. The van der Waals surface area contributed by atoms with Gasteiger partial charge in [-0.2, -0.15) is 0 Å². The zero-order valence-corrected chi connectivity index (χ0v) is 11.9. The molecule has 0 aromatic heterocycles. The lowest BCUT2D eigenvalue weighted by molar-refractivity contribution is 0.0939. The number of aryl methyl sites for hydroxylation is 1. The molecule has 1 saturated carbocycles. The maximum absolute atomic E-state index is 12.3. The summed E-state index contributed by atoms with van der Waals surface area (Å²) in [5, 5.41) is 11.8. The highest BCUT2D eigenvalue weighted by molar-refractivity contribution is 5.96. The first kappa shape index (κ1) is 14.6. The third-order valence-corrected chi connectivity index (χ3v) is 3.66. The number of aliphatic hydroxyl groups is 1. The Bertz CT molecular complexity index is 536. The highest BCUT2D eigenvalue weighted by atomic mass is 16.2. The van der Waals surface area contributed by atoms with Gasteiger partial charge in [0.15, 0.2) is 0 Å². The molecule has 0 atom stereocenters. The van der Waals surface area contributed by atoms with Gasteiger partial charge in [0.1, 0.15) is 0 Å². The minimum Gasteiger partial charge on any atom is -0.395 e. The van der Waals surface area contributed by atoms with Crippen LogP contribution in [-0.2, 0) is 0 Å². The summed E-state index contributed by atoms with van der Waals surface area (Å²) in [5.41, 5.74) is 2.41. The summed E-state index contributed by atoms with van der Waals surface area (Å²) in [6, 6.07) is 5.70. The van der Waals surface area contributed by atoms with Crippen molar-refractivity contribution in [1.29, 1.82) is 0 Å². The molecule has 3 heteroatoms. The van der Waals surface area contributed by atoms with Crippen LogP contribution in [0.5, 0.6) is 0 Å². The van der Waals surface area contributed by atoms with E-state index in [0.29, 0.717) is 17.9 Å². The van der Waals surface area contributed by atoms with Crippen LogP contribution in [0, 0.1) is 24.7 Å². The van der Waals surface area contributed by atoms with E-state index in [1.54, 1.807) is 0 Å². The lowest BCUT2D eigenvalue weighted by atomic mass is 9.85. The molecule has 1 fully saturated rings. The lowest BCUT2D eigenvalue weighted by Crippen LogP contribution is -2.32. The number of nitrogens with one attached hydrogen (secondary N) is 1. The van der Waals surface area contributed by atoms with Gasteiger partial charge in [-0.3, -0.25) is 4.79 Å². The third kappa shape index (κ3) is 3.85. The molecule has 106 valence electrons. The maximum atomic E-state index is 12.3. The average Bonchev–Trinajstić information content (AvgIpc) is 2.38. The Kier molecular flexibility index (Phi) is 5.20. The predicted molar refractivity (Wildman–Crippen MR) is 79.4 cm³/mol. The lowest BCUT2D eigenvalue weighted by Gasteiger charge is -2.25. The summed E-state index contributed by atoms with van der Waals surface area (Å²) in [6.45, 7) is 2.77. The Hall–Kier alpha value is -1.79. The summed E-state index contributed by atoms with van der Waals surface area (Å²) in [5.74, 6) is 6.44. The standard InChI is InChI=1S/C17H21NO2/c1-13-8-9-15(7-2-3-10-19)16(11-13)17(20)18-12-14-5-4-6-14/h8-9,11,14,19H,3-6,10,12H2,1H3,(H,18,20). The van der Waals surface area contributed by atoms with Crippen LogP contribution >= 0.6 is 0 Å². The first-order valence-corrected chi connectivity index (χ1v) is 7.19. The van der Waals surface area contributed by atoms with E-state index >= 15 is 0 Å². The van der Waals surface area contributed by atoms with Gasteiger partial charge in [-0.15, -0.1) is 0 Å². The maximum Gasteiger partial charge on any atom is 0.252 e. The van der Waals surface area contributed by atoms with Gasteiger partial charge < -0.3 is 10.4 Å². The highest BCUT2D eigenvalue weighted by Crippen LogP contribution is 2.25. The number of hydrogen-bond donors (Lipinski definition) is 2. The number of rotatable bonds is 4. The molecule has 1 aromatic carbocycles.